The van der Waals surface area contributed by atoms with Gasteiger partial charge in [0, 0.05) is 12.6 Å². The molecule has 1 saturated heterocycles. The van der Waals surface area contributed by atoms with E-state index in [1.165, 1.54) is 12.6 Å². The zero-order valence-corrected chi connectivity index (χ0v) is 9.73. The van der Waals surface area contributed by atoms with Crippen LogP contribution in [0.3, 0.4) is 0 Å². The number of nitrogens with zero attached hydrogens (tertiary/aromatic N) is 2. The highest BCUT2D eigenvalue weighted by molar-refractivity contribution is 5.98. The van der Waals surface area contributed by atoms with Crippen LogP contribution in [0, 0.1) is 5.92 Å². The predicted octanol–water partition coefficient (Wildman–Crippen LogP) is 1.25. The Morgan fingerprint density at radius 2 is 2.31 bits per heavy atom. The number of aromatic amines is 1. The van der Waals surface area contributed by atoms with Crippen molar-refractivity contribution in [1.29, 1.82) is 0 Å². The van der Waals surface area contributed by atoms with Crippen molar-refractivity contribution in [3.05, 3.63) is 11.8 Å². The third-order valence-corrected chi connectivity index (χ3v) is 3.28. The highest BCUT2D eigenvalue weighted by Crippen LogP contribution is 2.24. The SMILES string of the molecule is CC1CCC(C)N(C(=O)c2cn[nH]c2N)C1. The number of nitrogens with one attached hydrogen (secondary N) is 1. The maximum absolute atomic E-state index is 12.2. The summed E-state index contributed by atoms with van der Waals surface area (Å²) >= 11 is 0. The molecule has 0 spiro atoms. The monoisotopic (exact) mass is 222 g/mol. The van der Waals surface area contributed by atoms with Crippen LogP contribution in [-0.4, -0.2) is 33.6 Å². The first kappa shape index (κ1) is 11.0. The number of nitrogen functional groups attached to an aromatic ring is 1. The van der Waals surface area contributed by atoms with E-state index in [0.717, 1.165) is 13.0 Å². The fourth-order valence-corrected chi connectivity index (χ4v) is 2.19. The van der Waals surface area contributed by atoms with Crippen LogP contribution in [0.1, 0.15) is 37.0 Å². The number of anilines is 1. The van der Waals surface area contributed by atoms with Crippen molar-refractivity contribution in [3.63, 3.8) is 0 Å². The van der Waals surface area contributed by atoms with Gasteiger partial charge in [-0.15, -0.1) is 0 Å². The van der Waals surface area contributed by atoms with Gasteiger partial charge in [0.1, 0.15) is 11.4 Å². The van der Waals surface area contributed by atoms with Crippen LogP contribution in [0.5, 0.6) is 0 Å². The first-order valence-electron chi connectivity index (χ1n) is 5.69. The first-order valence-corrected chi connectivity index (χ1v) is 5.69. The number of carbonyl (C=O) groups excluding carboxylic acids is 1. The number of hydrogen-bond acceptors (Lipinski definition) is 3. The summed E-state index contributed by atoms with van der Waals surface area (Å²) in [6.45, 7) is 5.07. The largest absolute Gasteiger partial charge is 0.383 e. The normalized spacial score (nSPS) is 25.8. The second-order valence-electron chi connectivity index (χ2n) is 4.69. The Bertz CT molecular complexity index is 387. The van der Waals surface area contributed by atoms with E-state index in [4.69, 9.17) is 5.73 Å². The maximum Gasteiger partial charge on any atom is 0.259 e. The summed E-state index contributed by atoms with van der Waals surface area (Å²) in [5.41, 5.74) is 6.15. The molecule has 1 aliphatic rings. The van der Waals surface area contributed by atoms with Crippen LogP contribution in [0.15, 0.2) is 6.20 Å². The van der Waals surface area contributed by atoms with Crippen molar-refractivity contribution >= 4 is 11.7 Å². The lowest BCUT2D eigenvalue weighted by Crippen LogP contribution is -2.45. The third kappa shape index (κ3) is 1.89. The number of H-pyrrole nitrogens is 1. The highest BCUT2D eigenvalue weighted by Gasteiger charge is 2.29. The van der Waals surface area contributed by atoms with E-state index in [1.807, 2.05) is 4.90 Å². The van der Waals surface area contributed by atoms with Crippen molar-refractivity contribution in [2.75, 3.05) is 12.3 Å². The molecule has 5 nitrogen and oxygen atoms in total. The van der Waals surface area contributed by atoms with Gasteiger partial charge in [-0.05, 0) is 25.7 Å². The van der Waals surface area contributed by atoms with Gasteiger partial charge in [-0.1, -0.05) is 6.92 Å². The average molecular weight is 222 g/mol. The molecule has 16 heavy (non-hydrogen) atoms. The van der Waals surface area contributed by atoms with Crippen LogP contribution in [0.25, 0.3) is 0 Å². The van der Waals surface area contributed by atoms with E-state index in [1.54, 1.807) is 0 Å². The number of hydrogen-bond donors (Lipinski definition) is 2. The molecule has 0 aromatic carbocycles. The molecule has 2 heterocycles. The van der Waals surface area contributed by atoms with Gasteiger partial charge in [-0.2, -0.15) is 5.10 Å². The molecule has 1 aliphatic heterocycles. The van der Waals surface area contributed by atoms with Crippen LogP contribution in [-0.2, 0) is 0 Å². The fraction of sp³-hybridized carbons (Fsp3) is 0.636. The number of nitrogens with two attached hydrogens (primary N) is 1. The van der Waals surface area contributed by atoms with Crippen LogP contribution < -0.4 is 5.73 Å². The van der Waals surface area contributed by atoms with Gasteiger partial charge in [0.2, 0.25) is 0 Å². The Morgan fingerprint density at radius 1 is 1.56 bits per heavy atom. The molecule has 5 heteroatoms. The molecule has 2 rings (SSSR count). The Morgan fingerprint density at radius 3 is 2.94 bits per heavy atom. The number of carbonyl (C=O) groups is 1. The maximum atomic E-state index is 12.2. The predicted molar refractivity (Wildman–Crippen MR) is 61.9 cm³/mol. The molecular weight excluding hydrogens is 204 g/mol. The Kier molecular flexibility index (Phi) is 2.85. The molecule has 2 unspecified atom stereocenters. The molecule has 0 aliphatic carbocycles. The molecule has 1 amide bonds. The van der Waals surface area contributed by atoms with E-state index in [9.17, 15) is 4.79 Å². The van der Waals surface area contributed by atoms with Gasteiger partial charge in [-0.25, -0.2) is 0 Å². The smallest absolute Gasteiger partial charge is 0.259 e. The van der Waals surface area contributed by atoms with Crippen molar-refractivity contribution in [1.82, 2.24) is 15.1 Å². The summed E-state index contributed by atoms with van der Waals surface area (Å²) in [5, 5.41) is 6.38. The molecule has 0 saturated carbocycles. The number of rotatable bonds is 1. The summed E-state index contributed by atoms with van der Waals surface area (Å²) in [5.74, 6) is 0.911. The third-order valence-electron chi connectivity index (χ3n) is 3.28. The summed E-state index contributed by atoms with van der Waals surface area (Å²) in [7, 11) is 0. The lowest BCUT2D eigenvalue weighted by molar-refractivity contribution is 0.0575. The molecular formula is C11H18N4O. The molecule has 1 fully saturated rings. The van der Waals surface area contributed by atoms with Gasteiger partial charge in [0.25, 0.3) is 5.91 Å². The summed E-state index contributed by atoms with van der Waals surface area (Å²) in [4.78, 5) is 14.1. The topological polar surface area (TPSA) is 75.0 Å². The Hall–Kier alpha value is -1.52. The Balaban J connectivity index is 2.18. The summed E-state index contributed by atoms with van der Waals surface area (Å²) < 4.78 is 0. The molecule has 2 atom stereocenters. The minimum Gasteiger partial charge on any atom is -0.383 e. The second kappa shape index (κ2) is 4.15. The minimum atomic E-state index is -0.00898. The van der Waals surface area contributed by atoms with Crippen molar-refractivity contribution < 1.29 is 4.79 Å². The highest BCUT2D eigenvalue weighted by atomic mass is 16.2. The lowest BCUT2D eigenvalue weighted by Gasteiger charge is -2.36. The number of likely N-dealkylation sites (tertiary alicyclic amines) is 1. The van der Waals surface area contributed by atoms with Crippen molar-refractivity contribution in [2.24, 2.45) is 5.92 Å². The number of piperidine rings is 1. The summed E-state index contributed by atoms with van der Waals surface area (Å²) in [6, 6.07) is 0.290. The molecule has 1 aromatic rings. The van der Waals surface area contributed by atoms with Crippen LogP contribution in [0.4, 0.5) is 5.82 Å². The molecule has 1 aromatic heterocycles. The zero-order chi connectivity index (χ0) is 11.7. The Labute approximate surface area is 95.0 Å². The molecule has 0 radical (unpaired) electrons. The molecule has 3 N–H and O–H groups in total. The van der Waals surface area contributed by atoms with Gasteiger partial charge < -0.3 is 10.6 Å². The zero-order valence-electron chi connectivity index (χ0n) is 9.73. The van der Waals surface area contributed by atoms with Gasteiger partial charge in [0.05, 0.1) is 6.20 Å². The van der Waals surface area contributed by atoms with Gasteiger partial charge >= 0.3 is 0 Å². The first-order chi connectivity index (χ1) is 7.59. The van der Waals surface area contributed by atoms with Crippen LogP contribution >= 0.6 is 0 Å². The lowest BCUT2D eigenvalue weighted by atomic mass is 9.94. The van der Waals surface area contributed by atoms with E-state index in [2.05, 4.69) is 24.0 Å². The van der Waals surface area contributed by atoms with Gasteiger partial charge in [0.15, 0.2) is 0 Å². The van der Waals surface area contributed by atoms with Crippen LogP contribution in [0.2, 0.25) is 0 Å². The fourth-order valence-electron chi connectivity index (χ4n) is 2.19. The average Bonchev–Trinajstić information content (AvgIpc) is 2.67. The minimum absolute atomic E-state index is 0.00898. The van der Waals surface area contributed by atoms with Gasteiger partial charge in [-0.3, -0.25) is 9.89 Å². The van der Waals surface area contributed by atoms with E-state index >= 15 is 0 Å². The quantitative estimate of drug-likeness (QED) is 0.751. The van der Waals surface area contributed by atoms with Crippen molar-refractivity contribution in [3.8, 4) is 0 Å². The van der Waals surface area contributed by atoms with Crippen molar-refractivity contribution in [2.45, 2.75) is 32.7 Å². The van der Waals surface area contributed by atoms with E-state index in [-0.39, 0.29) is 11.9 Å². The molecule has 0 bridgehead atoms. The second-order valence-corrected chi connectivity index (χ2v) is 4.69. The van der Waals surface area contributed by atoms with E-state index < -0.39 is 0 Å². The molecule has 88 valence electrons. The van der Waals surface area contributed by atoms with E-state index in [0.29, 0.717) is 17.3 Å². The summed E-state index contributed by atoms with van der Waals surface area (Å²) in [6.07, 6.45) is 3.75. The standard InChI is InChI=1S/C11H18N4O/c1-7-3-4-8(2)15(6-7)11(16)9-5-13-14-10(9)12/h5,7-8H,3-4,6H2,1-2H3,(H3,12,13,14). The number of aromatic nitrogens is 2. The number of amides is 1.